The van der Waals surface area contributed by atoms with Crippen LogP contribution in [-0.4, -0.2) is 46.7 Å². The lowest BCUT2D eigenvalue weighted by molar-refractivity contribution is -0.138. The average Bonchev–Trinajstić information content (AvgIpc) is 2.26. The Morgan fingerprint density at radius 1 is 1.47 bits per heavy atom. The number of rotatable bonds is 5. The van der Waals surface area contributed by atoms with E-state index in [9.17, 15) is 22.4 Å². The van der Waals surface area contributed by atoms with Gasteiger partial charge in [0.2, 0.25) is 0 Å². The minimum Gasteiger partial charge on any atom is -0.480 e. The van der Waals surface area contributed by atoms with Crippen LogP contribution >= 0.6 is 0 Å². The van der Waals surface area contributed by atoms with Crippen molar-refractivity contribution in [1.29, 1.82) is 0 Å². The van der Waals surface area contributed by atoms with Crippen LogP contribution in [0.3, 0.4) is 0 Å². The number of aliphatic carboxylic acids is 1. The van der Waals surface area contributed by atoms with Gasteiger partial charge in [-0.25, -0.2) is 14.2 Å². The van der Waals surface area contributed by atoms with Gasteiger partial charge >= 0.3 is 5.97 Å². The Morgan fingerprint density at radius 3 is 2.58 bits per heavy atom. The number of carboxylic acids is 1. The average molecular weight is 292 g/mol. The van der Waals surface area contributed by atoms with Crippen molar-refractivity contribution < 1.29 is 32.1 Å². The Hall–Kier alpha value is -2.07. The Morgan fingerprint density at radius 2 is 2.11 bits per heavy atom. The van der Waals surface area contributed by atoms with E-state index in [-0.39, 0.29) is 0 Å². The lowest BCUT2D eigenvalue weighted by Gasteiger charge is -2.12. The fourth-order valence-corrected chi connectivity index (χ4v) is 1.81. The number of carboxylic acid groups (broad SMARTS) is 1. The van der Waals surface area contributed by atoms with Crippen LogP contribution in [0.5, 0.6) is 0 Å². The molecule has 1 aromatic rings. The molecular weight excluding hydrogens is 283 g/mol. The molecule has 0 aliphatic carbocycles. The first-order valence-corrected chi connectivity index (χ1v) is 6.41. The molecule has 1 rings (SSSR count). The minimum atomic E-state index is -4.62. The Bertz CT molecular complexity index is 602. The molecule has 0 saturated carbocycles. The third kappa shape index (κ3) is 4.60. The third-order valence-corrected chi connectivity index (χ3v) is 2.71. The van der Waals surface area contributed by atoms with Crippen molar-refractivity contribution in [2.45, 2.75) is 6.04 Å². The van der Waals surface area contributed by atoms with E-state index >= 15 is 0 Å². The number of pyridine rings is 1. The van der Waals surface area contributed by atoms with Crippen molar-refractivity contribution in [3.63, 3.8) is 0 Å². The van der Waals surface area contributed by atoms with Gasteiger partial charge in [0.15, 0.2) is 11.5 Å². The highest BCUT2D eigenvalue weighted by Gasteiger charge is 2.27. The maximum absolute atomic E-state index is 13.2. The molecule has 104 valence electrons. The second-order valence-electron chi connectivity index (χ2n) is 3.45. The summed E-state index contributed by atoms with van der Waals surface area (Å²) in [6.07, 6.45) is 1.11. The van der Waals surface area contributed by atoms with Gasteiger partial charge in [0.25, 0.3) is 16.0 Å². The number of nitrogens with one attached hydrogen (secondary N) is 1. The van der Waals surface area contributed by atoms with Gasteiger partial charge in [0.1, 0.15) is 11.8 Å². The van der Waals surface area contributed by atoms with E-state index in [2.05, 4.69) is 4.98 Å². The van der Waals surface area contributed by atoms with Gasteiger partial charge in [-0.1, -0.05) is 0 Å². The van der Waals surface area contributed by atoms with Crippen molar-refractivity contribution in [3.8, 4) is 0 Å². The summed E-state index contributed by atoms with van der Waals surface area (Å²) in [6, 6.07) is 0.239. The molecule has 0 fully saturated rings. The first kappa shape index (κ1) is 15.0. The van der Waals surface area contributed by atoms with Crippen molar-refractivity contribution in [3.05, 3.63) is 29.8 Å². The lowest BCUT2D eigenvalue weighted by Crippen LogP contribution is -2.45. The monoisotopic (exact) mass is 292 g/mol. The zero-order valence-electron chi connectivity index (χ0n) is 9.28. The highest BCUT2D eigenvalue weighted by atomic mass is 32.2. The molecule has 19 heavy (non-hydrogen) atoms. The summed E-state index contributed by atoms with van der Waals surface area (Å²) in [7, 11) is -4.62. The van der Waals surface area contributed by atoms with E-state index in [1.54, 1.807) is 5.32 Å². The zero-order valence-corrected chi connectivity index (χ0v) is 10.1. The Kier molecular flexibility index (Phi) is 4.51. The molecule has 1 heterocycles. The van der Waals surface area contributed by atoms with Gasteiger partial charge in [0, 0.05) is 6.20 Å². The van der Waals surface area contributed by atoms with E-state index < -0.39 is 45.3 Å². The van der Waals surface area contributed by atoms with Crippen LogP contribution in [0, 0.1) is 5.82 Å². The van der Waals surface area contributed by atoms with Crippen LogP contribution in [0.2, 0.25) is 0 Å². The van der Waals surface area contributed by atoms with E-state index in [0.717, 1.165) is 12.3 Å². The highest BCUT2D eigenvalue weighted by molar-refractivity contribution is 7.85. The first-order chi connectivity index (χ1) is 8.70. The third-order valence-electron chi connectivity index (χ3n) is 1.95. The van der Waals surface area contributed by atoms with Crippen molar-refractivity contribution in [2.24, 2.45) is 0 Å². The van der Waals surface area contributed by atoms with Crippen LogP contribution in [0.25, 0.3) is 0 Å². The molecule has 10 heteroatoms. The molecule has 0 bridgehead atoms. The molecular formula is C9H9FN2O6S. The number of aromatic nitrogens is 1. The first-order valence-electron chi connectivity index (χ1n) is 4.80. The number of carbonyl (C=O) groups excluding carboxylic acids is 1. The van der Waals surface area contributed by atoms with E-state index in [1.807, 2.05) is 0 Å². The van der Waals surface area contributed by atoms with Gasteiger partial charge in [0.05, 0.1) is 0 Å². The fraction of sp³-hybridized carbons (Fsp3) is 0.222. The summed E-state index contributed by atoms with van der Waals surface area (Å²) in [5.41, 5.74) is -0.677. The molecule has 0 saturated heterocycles. The number of hydrogen-bond donors (Lipinski definition) is 3. The number of amides is 1. The largest absolute Gasteiger partial charge is 0.480 e. The predicted molar refractivity (Wildman–Crippen MR) is 59.5 cm³/mol. The minimum absolute atomic E-state index is 0.677. The van der Waals surface area contributed by atoms with Gasteiger partial charge in [-0.3, -0.25) is 9.35 Å². The van der Waals surface area contributed by atoms with Crippen molar-refractivity contribution >= 4 is 22.0 Å². The van der Waals surface area contributed by atoms with Gasteiger partial charge in [-0.15, -0.1) is 0 Å². The normalized spacial score (nSPS) is 12.7. The molecule has 0 aliphatic rings. The summed E-state index contributed by atoms with van der Waals surface area (Å²) < 4.78 is 42.9. The second kappa shape index (κ2) is 5.71. The van der Waals surface area contributed by atoms with E-state index in [1.165, 1.54) is 6.07 Å². The molecule has 0 spiro atoms. The van der Waals surface area contributed by atoms with Crippen LogP contribution in [0.4, 0.5) is 4.39 Å². The van der Waals surface area contributed by atoms with E-state index in [0.29, 0.717) is 0 Å². The van der Waals surface area contributed by atoms with Gasteiger partial charge in [-0.05, 0) is 12.1 Å². The smallest absolute Gasteiger partial charge is 0.327 e. The maximum atomic E-state index is 13.2. The number of nitrogens with zero attached hydrogens (tertiary/aromatic N) is 1. The van der Waals surface area contributed by atoms with E-state index in [4.69, 9.17) is 9.66 Å². The predicted octanol–water partition coefficient (Wildman–Crippen LogP) is -0.708. The van der Waals surface area contributed by atoms with Gasteiger partial charge < -0.3 is 10.4 Å². The Labute approximate surface area is 107 Å². The molecule has 1 atom stereocenters. The summed E-state index contributed by atoms with van der Waals surface area (Å²) >= 11 is 0. The highest BCUT2D eigenvalue weighted by Crippen LogP contribution is 2.03. The van der Waals surface area contributed by atoms with Gasteiger partial charge in [-0.2, -0.15) is 8.42 Å². The second-order valence-corrected chi connectivity index (χ2v) is 4.94. The molecule has 1 unspecified atom stereocenters. The summed E-state index contributed by atoms with van der Waals surface area (Å²) in [5, 5.41) is 10.4. The Balaban J connectivity index is 2.89. The molecule has 0 radical (unpaired) electrons. The summed E-state index contributed by atoms with van der Waals surface area (Å²) in [5.74, 6) is -5.12. The van der Waals surface area contributed by atoms with Crippen molar-refractivity contribution in [1.82, 2.24) is 10.3 Å². The van der Waals surface area contributed by atoms with Crippen LogP contribution in [-0.2, 0) is 14.9 Å². The standard InChI is InChI=1S/C9H9FN2O6S/c10-5-2-1-3-11-7(5)8(13)12-6(9(14)15)4-19(16,17)18/h1-3,6H,4H2,(H,12,13)(H,14,15)(H,16,17,18). The van der Waals surface area contributed by atoms with Crippen molar-refractivity contribution in [2.75, 3.05) is 5.75 Å². The molecule has 3 N–H and O–H groups in total. The lowest BCUT2D eigenvalue weighted by atomic mass is 10.3. The molecule has 0 aliphatic heterocycles. The molecule has 8 nitrogen and oxygen atoms in total. The van der Waals surface area contributed by atoms with Crippen LogP contribution < -0.4 is 5.32 Å². The number of carbonyl (C=O) groups is 2. The zero-order chi connectivity index (χ0) is 14.6. The molecule has 1 amide bonds. The maximum Gasteiger partial charge on any atom is 0.327 e. The summed E-state index contributed by atoms with van der Waals surface area (Å²) in [6.45, 7) is 0. The van der Waals surface area contributed by atoms with Crippen LogP contribution in [0.15, 0.2) is 18.3 Å². The fourth-order valence-electron chi connectivity index (χ4n) is 1.16. The number of hydrogen-bond acceptors (Lipinski definition) is 5. The molecule has 1 aromatic heterocycles. The topological polar surface area (TPSA) is 134 Å². The quantitative estimate of drug-likeness (QED) is 0.610. The van der Waals surface area contributed by atoms with Crippen LogP contribution in [0.1, 0.15) is 10.5 Å². The summed E-state index contributed by atoms with van der Waals surface area (Å²) in [4.78, 5) is 25.6. The number of halogens is 1. The molecule has 0 aromatic carbocycles. The SMILES string of the molecule is O=C(NC(CS(=O)(=O)O)C(=O)O)c1ncccc1F.